The summed E-state index contributed by atoms with van der Waals surface area (Å²) in [4.78, 5) is 21.9. The lowest BCUT2D eigenvalue weighted by Gasteiger charge is -2.28. The third-order valence-electron chi connectivity index (χ3n) is 5.28. The van der Waals surface area contributed by atoms with Gasteiger partial charge in [0.1, 0.15) is 0 Å². The van der Waals surface area contributed by atoms with E-state index in [0.717, 1.165) is 30.2 Å². The van der Waals surface area contributed by atoms with E-state index in [1.54, 1.807) is 6.20 Å². The molecule has 2 aliphatic heterocycles. The summed E-state index contributed by atoms with van der Waals surface area (Å²) in [5.74, 6) is 0.773. The number of fused-ring (bicyclic) bond motifs is 2. The molecule has 0 atom stereocenters. The predicted octanol–water partition coefficient (Wildman–Crippen LogP) is 4.05. The van der Waals surface area contributed by atoms with Crippen molar-refractivity contribution in [1.82, 2.24) is 9.88 Å². The molecule has 0 aliphatic carbocycles. The van der Waals surface area contributed by atoms with Gasteiger partial charge in [-0.25, -0.2) is 4.98 Å². The van der Waals surface area contributed by atoms with Gasteiger partial charge in [0, 0.05) is 12.7 Å². The predicted molar refractivity (Wildman–Crippen MR) is 105 cm³/mol. The normalized spacial score (nSPS) is 17.2. The Morgan fingerprint density at radius 2 is 1.77 bits per heavy atom. The summed E-state index contributed by atoms with van der Waals surface area (Å²) < 4.78 is 0. The van der Waals surface area contributed by atoms with Crippen LogP contribution in [0.1, 0.15) is 42.5 Å². The van der Waals surface area contributed by atoms with Gasteiger partial charge >= 0.3 is 0 Å². The number of pyridine rings is 1. The zero-order valence-corrected chi connectivity index (χ0v) is 15.2. The monoisotopic (exact) mass is 350 g/mol. The van der Waals surface area contributed by atoms with Crippen LogP contribution >= 0.6 is 0 Å². The summed E-state index contributed by atoms with van der Waals surface area (Å²) in [6.45, 7) is 4.52. The molecular formula is C21H26N4O. The fourth-order valence-corrected chi connectivity index (χ4v) is 3.93. The molecule has 5 heteroatoms. The van der Waals surface area contributed by atoms with Crippen molar-refractivity contribution < 1.29 is 4.79 Å². The summed E-state index contributed by atoms with van der Waals surface area (Å²) in [6, 6.07) is 11.6. The number of para-hydroxylation sites is 1. The lowest BCUT2D eigenvalue weighted by atomic mass is 10.1. The van der Waals surface area contributed by atoms with E-state index in [0.29, 0.717) is 5.56 Å². The van der Waals surface area contributed by atoms with Gasteiger partial charge in [0.15, 0.2) is 5.82 Å². The molecule has 26 heavy (non-hydrogen) atoms. The minimum atomic E-state index is -0.0642. The fraction of sp³-hybridized carbons (Fsp3) is 0.429. The van der Waals surface area contributed by atoms with Crippen LogP contribution in [-0.4, -0.2) is 42.0 Å². The maximum absolute atomic E-state index is 12.6. The smallest absolute Gasteiger partial charge is 0.257 e. The van der Waals surface area contributed by atoms with E-state index >= 15 is 0 Å². The zero-order valence-electron chi connectivity index (χ0n) is 15.2. The van der Waals surface area contributed by atoms with Crippen molar-refractivity contribution in [3.63, 3.8) is 0 Å². The van der Waals surface area contributed by atoms with Gasteiger partial charge in [0.05, 0.1) is 16.9 Å². The number of anilines is 3. The van der Waals surface area contributed by atoms with Crippen molar-refractivity contribution in [3.05, 3.63) is 48.2 Å². The van der Waals surface area contributed by atoms with Crippen LogP contribution in [0, 0.1) is 0 Å². The van der Waals surface area contributed by atoms with Crippen LogP contribution in [0.2, 0.25) is 0 Å². The first-order valence-electron chi connectivity index (χ1n) is 9.68. The molecule has 1 aromatic heterocycles. The van der Waals surface area contributed by atoms with Crippen molar-refractivity contribution in [2.24, 2.45) is 0 Å². The van der Waals surface area contributed by atoms with E-state index in [9.17, 15) is 4.79 Å². The number of rotatable bonds is 5. The summed E-state index contributed by atoms with van der Waals surface area (Å²) in [5, 5.41) is 3.00. The van der Waals surface area contributed by atoms with Crippen LogP contribution in [0.4, 0.5) is 17.2 Å². The number of carbonyl (C=O) groups is 1. The molecule has 1 saturated heterocycles. The van der Waals surface area contributed by atoms with Crippen molar-refractivity contribution >= 4 is 23.1 Å². The van der Waals surface area contributed by atoms with Crippen LogP contribution in [0.3, 0.4) is 0 Å². The SMILES string of the molecule is O=C1Nc2cccnc2N(CCCCN2CCCCC2)c2ccccc21. The van der Waals surface area contributed by atoms with Crippen LogP contribution in [0.15, 0.2) is 42.6 Å². The Bertz CT molecular complexity index is 770. The molecule has 3 heterocycles. The molecule has 4 rings (SSSR count). The first-order chi connectivity index (χ1) is 12.8. The van der Waals surface area contributed by atoms with Crippen molar-refractivity contribution in [2.45, 2.75) is 32.1 Å². The summed E-state index contributed by atoms with van der Waals surface area (Å²) in [5.41, 5.74) is 2.44. The van der Waals surface area contributed by atoms with E-state index in [1.165, 1.54) is 45.3 Å². The second-order valence-electron chi connectivity index (χ2n) is 7.11. The minimum Gasteiger partial charge on any atom is -0.324 e. The number of amides is 1. The zero-order chi connectivity index (χ0) is 17.8. The molecular weight excluding hydrogens is 324 g/mol. The summed E-state index contributed by atoms with van der Waals surface area (Å²) >= 11 is 0. The third kappa shape index (κ3) is 3.58. The van der Waals surface area contributed by atoms with Crippen molar-refractivity contribution in [1.29, 1.82) is 0 Å². The van der Waals surface area contributed by atoms with Gasteiger partial charge in [-0.1, -0.05) is 18.6 Å². The lowest BCUT2D eigenvalue weighted by Crippen LogP contribution is -2.31. The van der Waals surface area contributed by atoms with Crippen LogP contribution in [0.25, 0.3) is 0 Å². The largest absolute Gasteiger partial charge is 0.324 e. The maximum Gasteiger partial charge on any atom is 0.257 e. The molecule has 0 radical (unpaired) electrons. The minimum absolute atomic E-state index is 0.0642. The van der Waals surface area contributed by atoms with Crippen molar-refractivity contribution in [3.8, 4) is 0 Å². The first kappa shape index (κ1) is 17.0. The number of piperidine rings is 1. The van der Waals surface area contributed by atoms with Crippen molar-refractivity contribution in [2.75, 3.05) is 36.4 Å². The number of nitrogens with one attached hydrogen (secondary N) is 1. The Hall–Kier alpha value is -2.40. The van der Waals surface area contributed by atoms with E-state index in [4.69, 9.17) is 0 Å². The highest BCUT2D eigenvalue weighted by molar-refractivity contribution is 6.11. The van der Waals surface area contributed by atoms with Gasteiger partial charge in [-0.05, 0) is 69.6 Å². The lowest BCUT2D eigenvalue weighted by molar-refractivity contribution is 0.102. The molecule has 1 aromatic carbocycles. The Morgan fingerprint density at radius 3 is 2.65 bits per heavy atom. The Balaban J connectivity index is 1.50. The molecule has 2 aliphatic rings. The van der Waals surface area contributed by atoms with E-state index in [2.05, 4.69) is 20.1 Å². The average Bonchev–Trinajstić information content (AvgIpc) is 2.81. The summed E-state index contributed by atoms with van der Waals surface area (Å²) in [7, 11) is 0. The number of unbranched alkanes of at least 4 members (excludes halogenated alkanes) is 1. The molecule has 136 valence electrons. The van der Waals surface area contributed by atoms with Crippen LogP contribution < -0.4 is 10.2 Å². The van der Waals surface area contributed by atoms with E-state index in [-0.39, 0.29) is 5.91 Å². The van der Waals surface area contributed by atoms with Gasteiger partial charge < -0.3 is 15.1 Å². The van der Waals surface area contributed by atoms with Gasteiger partial charge in [-0.15, -0.1) is 0 Å². The number of likely N-dealkylation sites (tertiary alicyclic amines) is 1. The van der Waals surface area contributed by atoms with E-state index < -0.39 is 0 Å². The number of aromatic nitrogens is 1. The molecule has 5 nitrogen and oxygen atoms in total. The molecule has 1 amide bonds. The topological polar surface area (TPSA) is 48.5 Å². The highest BCUT2D eigenvalue weighted by Gasteiger charge is 2.25. The van der Waals surface area contributed by atoms with Gasteiger partial charge in [0.2, 0.25) is 0 Å². The molecule has 1 N–H and O–H groups in total. The number of benzene rings is 1. The molecule has 0 saturated carbocycles. The molecule has 0 unspecified atom stereocenters. The van der Waals surface area contributed by atoms with Crippen LogP contribution in [0.5, 0.6) is 0 Å². The standard InChI is InChI=1S/C21H26N4O/c26-21-17-9-2-3-11-19(17)25(20-18(23-21)10-8-12-22-20)16-7-6-15-24-13-4-1-5-14-24/h2-3,8-12H,1,4-7,13-16H2,(H,23,26). The first-order valence-corrected chi connectivity index (χ1v) is 9.68. The van der Waals surface area contributed by atoms with E-state index in [1.807, 2.05) is 36.4 Å². The molecule has 0 bridgehead atoms. The third-order valence-corrected chi connectivity index (χ3v) is 5.28. The highest BCUT2D eigenvalue weighted by atomic mass is 16.1. The quantitative estimate of drug-likeness (QED) is 0.827. The molecule has 1 fully saturated rings. The highest BCUT2D eigenvalue weighted by Crippen LogP contribution is 2.36. The van der Waals surface area contributed by atoms with Crippen LogP contribution in [-0.2, 0) is 0 Å². The Morgan fingerprint density at radius 1 is 0.962 bits per heavy atom. The Kier molecular flexibility index (Phi) is 5.16. The molecule has 2 aromatic rings. The number of hydrogen-bond acceptors (Lipinski definition) is 4. The summed E-state index contributed by atoms with van der Waals surface area (Å²) in [6.07, 6.45) is 8.09. The molecule has 0 spiro atoms. The Labute approximate surface area is 155 Å². The fourth-order valence-electron chi connectivity index (χ4n) is 3.93. The van der Waals surface area contributed by atoms with Gasteiger partial charge in [0.25, 0.3) is 5.91 Å². The van der Waals surface area contributed by atoms with Gasteiger partial charge in [-0.2, -0.15) is 0 Å². The average molecular weight is 350 g/mol. The maximum atomic E-state index is 12.6. The second kappa shape index (κ2) is 7.87. The number of hydrogen-bond donors (Lipinski definition) is 1. The van der Waals surface area contributed by atoms with Gasteiger partial charge in [-0.3, -0.25) is 4.79 Å². The number of carbonyl (C=O) groups excluding carboxylic acids is 1. The number of nitrogens with zero attached hydrogens (tertiary/aromatic N) is 3. The second-order valence-corrected chi connectivity index (χ2v) is 7.11.